The number of nitrogen functional groups attached to an aromatic ring is 1. The van der Waals surface area contributed by atoms with Gasteiger partial charge in [0.2, 0.25) is 0 Å². The lowest BCUT2D eigenvalue weighted by molar-refractivity contribution is 0.595. The molecule has 0 fully saturated rings. The first-order chi connectivity index (χ1) is 9.29. The number of anilines is 1. The fourth-order valence-electron chi connectivity index (χ4n) is 1.70. The Bertz CT molecular complexity index is 760. The van der Waals surface area contributed by atoms with E-state index >= 15 is 0 Å². The number of hydrogen-bond donors (Lipinski definition) is 1. The average Bonchev–Trinajstić information content (AvgIpc) is 2.36. The van der Waals surface area contributed by atoms with E-state index in [2.05, 4.69) is 0 Å². The number of halogens is 3. The van der Waals surface area contributed by atoms with Gasteiger partial charge in [-0.25, -0.2) is 8.42 Å². The average molecular weight is 351 g/mol. The Balaban J connectivity index is 2.40. The summed E-state index contributed by atoms with van der Waals surface area (Å²) >= 11 is 17.5. The molecule has 0 radical (unpaired) electrons. The predicted molar refractivity (Wildman–Crippen MR) is 83.2 cm³/mol. The zero-order valence-electron chi connectivity index (χ0n) is 10.1. The van der Waals surface area contributed by atoms with Crippen molar-refractivity contribution in [1.82, 2.24) is 0 Å². The van der Waals surface area contributed by atoms with Crippen LogP contribution < -0.4 is 5.73 Å². The van der Waals surface area contributed by atoms with Crippen molar-refractivity contribution in [3.05, 3.63) is 57.0 Å². The van der Waals surface area contributed by atoms with Crippen LogP contribution in [0, 0.1) is 0 Å². The van der Waals surface area contributed by atoms with Crippen LogP contribution in [-0.4, -0.2) is 8.42 Å². The van der Waals surface area contributed by atoms with Gasteiger partial charge >= 0.3 is 0 Å². The van der Waals surface area contributed by atoms with E-state index in [9.17, 15) is 8.42 Å². The highest BCUT2D eigenvalue weighted by Crippen LogP contribution is 2.29. The molecule has 0 aliphatic rings. The van der Waals surface area contributed by atoms with Crippen molar-refractivity contribution in [3.63, 3.8) is 0 Å². The standard InChI is InChI=1S/C13H10Cl3NO2S/c14-9-2-4-11(16)13(6-9)20(18,19)7-8-1-3-10(15)12(17)5-8/h1-6H,7,17H2. The van der Waals surface area contributed by atoms with Crippen LogP contribution in [0.2, 0.25) is 15.1 Å². The Labute approximate surface area is 132 Å². The molecule has 0 saturated heterocycles. The van der Waals surface area contributed by atoms with Gasteiger partial charge in [-0.1, -0.05) is 40.9 Å². The van der Waals surface area contributed by atoms with Gasteiger partial charge in [-0.3, -0.25) is 0 Å². The van der Waals surface area contributed by atoms with Crippen molar-refractivity contribution in [2.24, 2.45) is 0 Å². The molecule has 0 saturated carbocycles. The molecule has 0 aliphatic carbocycles. The number of sulfone groups is 1. The summed E-state index contributed by atoms with van der Waals surface area (Å²) in [6.07, 6.45) is 0. The number of nitrogens with two attached hydrogens (primary N) is 1. The first-order valence-electron chi connectivity index (χ1n) is 5.51. The summed E-state index contributed by atoms with van der Waals surface area (Å²) in [7, 11) is -3.61. The molecule has 7 heteroatoms. The second-order valence-corrected chi connectivity index (χ2v) is 7.40. The van der Waals surface area contributed by atoms with Gasteiger partial charge in [0.25, 0.3) is 0 Å². The summed E-state index contributed by atoms with van der Waals surface area (Å²) in [4.78, 5) is 0.000174. The van der Waals surface area contributed by atoms with E-state index in [4.69, 9.17) is 40.5 Å². The Morgan fingerprint density at radius 3 is 2.25 bits per heavy atom. The minimum atomic E-state index is -3.61. The van der Waals surface area contributed by atoms with Crippen molar-refractivity contribution in [3.8, 4) is 0 Å². The van der Waals surface area contributed by atoms with E-state index in [1.165, 1.54) is 24.3 Å². The molecule has 106 valence electrons. The first kappa shape index (κ1) is 15.4. The van der Waals surface area contributed by atoms with E-state index in [1.807, 2.05) is 0 Å². The summed E-state index contributed by atoms with van der Waals surface area (Å²) in [5, 5.41) is 0.826. The van der Waals surface area contributed by atoms with Crippen molar-refractivity contribution in [2.45, 2.75) is 10.6 Å². The van der Waals surface area contributed by atoms with Crippen LogP contribution >= 0.6 is 34.8 Å². The maximum Gasteiger partial charge on any atom is 0.184 e. The van der Waals surface area contributed by atoms with E-state index in [-0.39, 0.29) is 15.7 Å². The van der Waals surface area contributed by atoms with Crippen LogP contribution in [0.15, 0.2) is 41.3 Å². The van der Waals surface area contributed by atoms with E-state index in [0.717, 1.165) is 0 Å². The van der Waals surface area contributed by atoms with Crippen molar-refractivity contribution < 1.29 is 8.42 Å². The molecule has 0 bridgehead atoms. The normalized spacial score (nSPS) is 11.6. The zero-order chi connectivity index (χ0) is 14.9. The van der Waals surface area contributed by atoms with E-state index < -0.39 is 9.84 Å². The van der Waals surface area contributed by atoms with Gasteiger partial charge in [-0.15, -0.1) is 0 Å². The fraction of sp³-hybridized carbons (Fsp3) is 0.0769. The molecular weight excluding hydrogens is 341 g/mol. The monoisotopic (exact) mass is 349 g/mol. The molecule has 2 aromatic rings. The van der Waals surface area contributed by atoms with Crippen LogP contribution in [0.5, 0.6) is 0 Å². The molecule has 0 unspecified atom stereocenters. The quantitative estimate of drug-likeness (QED) is 0.844. The van der Waals surface area contributed by atoms with Crippen molar-refractivity contribution >= 4 is 50.3 Å². The zero-order valence-corrected chi connectivity index (χ0v) is 13.2. The largest absolute Gasteiger partial charge is 0.398 e. The van der Waals surface area contributed by atoms with Crippen molar-refractivity contribution in [1.29, 1.82) is 0 Å². The Morgan fingerprint density at radius 1 is 0.950 bits per heavy atom. The second-order valence-electron chi connectivity index (χ2n) is 4.19. The summed E-state index contributed by atoms with van der Waals surface area (Å²) in [6, 6.07) is 9.00. The minimum absolute atomic E-state index is 0.000174. The van der Waals surface area contributed by atoms with Gasteiger partial charge in [0.15, 0.2) is 9.84 Å². The summed E-state index contributed by atoms with van der Waals surface area (Å²) in [5.41, 5.74) is 6.52. The van der Waals surface area contributed by atoms with Gasteiger partial charge < -0.3 is 5.73 Å². The maximum atomic E-state index is 12.4. The molecule has 0 aromatic heterocycles. The Hall–Kier alpha value is -0.940. The Morgan fingerprint density at radius 2 is 1.60 bits per heavy atom. The summed E-state index contributed by atoms with van der Waals surface area (Å²) in [5.74, 6) is -0.228. The van der Waals surface area contributed by atoms with Crippen LogP contribution in [0.1, 0.15) is 5.56 Å². The smallest absolute Gasteiger partial charge is 0.184 e. The van der Waals surface area contributed by atoms with Crippen LogP contribution in [0.25, 0.3) is 0 Å². The lowest BCUT2D eigenvalue weighted by Gasteiger charge is -2.08. The Kier molecular flexibility index (Phi) is 4.49. The fourth-order valence-corrected chi connectivity index (χ4v) is 3.97. The van der Waals surface area contributed by atoms with E-state index in [1.54, 1.807) is 12.1 Å². The summed E-state index contributed by atoms with van der Waals surface area (Å²) in [6.45, 7) is 0. The highest BCUT2D eigenvalue weighted by atomic mass is 35.5. The van der Waals surface area contributed by atoms with Gasteiger partial charge in [0, 0.05) is 5.02 Å². The SMILES string of the molecule is Nc1cc(CS(=O)(=O)c2cc(Cl)ccc2Cl)ccc1Cl. The van der Waals surface area contributed by atoms with Gasteiger partial charge in [0.1, 0.15) is 0 Å². The van der Waals surface area contributed by atoms with Crippen molar-refractivity contribution in [2.75, 3.05) is 5.73 Å². The molecule has 0 atom stereocenters. The topological polar surface area (TPSA) is 60.2 Å². The van der Waals surface area contributed by atoms with E-state index in [0.29, 0.717) is 21.3 Å². The third kappa shape index (κ3) is 3.38. The lowest BCUT2D eigenvalue weighted by Crippen LogP contribution is -2.06. The molecule has 2 aromatic carbocycles. The molecular formula is C13H10Cl3NO2S. The molecule has 0 spiro atoms. The molecule has 0 amide bonds. The molecule has 0 aliphatic heterocycles. The minimum Gasteiger partial charge on any atom is -0.398 e. The first-order valence-corrected chi connectivity index (χ1v) is 8.30. The number of rotatable bonds is 3. The number of hydrogen-bond acceptors (Lipinski definition) is 3. The molecule has 2 N–H and O–H groups in total. The molecule has 3 nitrogen and oxygen atoms in total. The highest BCUT2D eigenvalue weighted by Gasteiger charge is 2.19. The van der Waals surface area contributed by atoms with Crippen LogP contribution in [0.3, 0.4) is 0 Å². The molecule has 2 rings (SSSR count). The summed E-state index contributed by atoms with van der Waals surface area (Å²) < 4.78 is 24.7. The lowest BCUT2D eigenvalue weighted by atomic mass is 10.2. The maximum absolute atomic E-state index is 12.4. The highest BCUT2D eigenvalue weighted by molar-refractivity contribution is 7.90. The van der Waals surface area contributed by atoms with Gasteiger partial charge in [0.05, 0.1) is 26.4 Å². The third-order valence-corrected chi connectivity index (χ3v) is 5.39. The van der Waals surface area contributed by atoms with Gasteiger partial charge in [-0.05, 0) is 35.9 Å². The van der Waals surface area contributed by atoms with Crippen LogP contribution in [-0.2, 0) is 15.6 Å². The molecule has 0 heterocycles. The van der Waals surface area contributed by atoms with Gasteiger partial charge in [-0.2, -0.15) is 0 Å². The second kappa shape index (κ2) is 5.82. The van der Waals surface area contributed by atoms with Crippen LogP contribution in [0.4, 0.5) is 5.69 Å². The molecule has 20 heavy (non-hydrogen) atoms. The number of benzene rings is 2. The predicted octanol–water partition coefficient (Wildman–Crippen LogP) is 4.20. The third-order valence-electron chi connectivity index (χ3n) is 2.65.